The third kappa shape index (κ3) is 2.02. The van der Waals surface area contributed by atoms with E-state index in [1.807, 2.05) is 0 Å². The number of hydrogen-bond donors (Lipinski definition) is 1. The summed E-state index contributed by atoms with van der Waals surface area (Å²) in [6.45, 7) is 3.14. The average molecular weight is 211 g/mol. The highest BCUT2D eigenvalue weighted by Gasteiger charge is 2.34. The molecule has 0 radical (unpaired) electrons. The van der Waals surface area contributed by atoms with Crippen molar-refractivity contribution in [2.24, 2.45) is 0 Å². The number of nitrogens with one attached hydrogen (secondary N) is 1. The van der Waals surface area contributed by atoms with Gasteiger partial charge in [-0.05, 0) is 56.1 Å². The molecule has 82 valence electrons. The SMILES string of the molecule is Cc1cc(F)ccc1C1(F)CCNCC1. The number of benzene rings is 1. The van der Waals surface area contributed by atoms with Gasteiger partial charge in [-0.15, -0.1) is 0 Å². The van der Waals surface area contributed by atoms with Crippen LogP contribution in [0.3, 0.4) is 0 Å². The van der Waals surface area contributed by atoms with Gasteiger partial charge in [-0.3, -0.25) is 0 Å². The van der Waals surface area contributed by atoms with Gasteiger partial charge in [-0.1, -0.05) is 6.07 Å². The molecule has 1 aliphatic heterocycles. The second-order valence-electron chi connectivity index (χ2n) is 4.17. The summed E-state index contributed by atoms with van der Waals surface area (Å²) in [5.74, 6) is -0.297. The Labute approximate surface area is 88.5 Å². The second kappa shape index (κ2) is 3.89. The third-order valence-electron chi connectivity index (χ3n) is 3.07. The van der Waals surface area contributed by atoms with E-state index >= 15 is 0 Å². The van der Waals surface area contributed by atoms with Gasteiger partial charge in [0, 0.05) is 0 Å². The smallest absolute Gasteiger partial charge is 0.138 e. The van der Waals surface area contributed by atoms with E-state index in [9.17, 15) is 8.78 Å². The zero-order valence-corrected chi connectivity index (χ0v) is 8.82. The van der Waals surface area contributed by atoms with Crippen molar-refractivity contribution in [2.75, 3.05) is 13.1 Å². The van der Waals surface area contributed by atoms with Crippen molar-refractivity contribution in [3.05, 3.63) is 35.1 Å². The monoisotopic (exact) mass is 211 g/mol. The van der Waals surface area contributed by atoms with Crippen LogP contribution >= 0.6 is 0 Å². The highest BCUT2D eigenvalue weighted by Crippen LogP contribution is 2.36. The predicted octanol–water partition coefficient (Wildman–Crippen LogP) is 2.68. The Balaban J connectivity index is 2.35. The first-order valence-corrected chi connectivity index (χ1v) is 5.28. The topological polar surface area (TPSA) is 12.0 Å². The Morgan fingerprint density at radius 3 is 2.53 bits per heavy atom. The molecule has 1 nitrogen and oxygen atoms in total. The van der Waals surface area contributed by atoms with Crippen LogP contribution in [0, 0.1) is 12.7 Å². The van der Waals surface area contributed by atoms with Crippen LogP contribution in [0.15, 0.2) is 18.2 Å². The Bertz CT molecular complexity index is 357. The minimum atomic E-state index is -1.27. The first kappa shape index (κ1) is 10.6. The van der Waals surface area contributed by atoms with Gasteiger partial charge in [0.05, 0.1) is 0 Å². The van der Waals surface area contributed by atoms with Gasteiger partial charge in [0.15, 0.2) is 0 Å². The lowest BCUT2D eigenvalue weighted by Crippen LogP contribution is -2.37. The quantitative estimate of drug-likeness (QED) is 0.753. The van der Waals surface area contributed by atoms with E-state index in [4.69, 9.17) is 0 Å². The maximum absolute atomic E-state index is 14.5. The molecule has 1 aromatic rings. The largest absolute Gasteiger partial charge is 0.316 e. The number of halogens is 2. The maximum atomic E-state index is 14.5. The van der Waals surface area contributed by atoms with Gasteiger partial charge in [0.1, 0.15) is 11.5 Å². The zero-order valence-electron chi connectivity index (χ0n) is 8.82. The first-order valence-electron chi connectivity index (χ1n) is 5.28. The molecule has 0 unspecified atom stereocenters. The Morgan fingerprint density at radius 1 is 1.27 bits per heavy atom. The van der Waals surface area contributed by atoms with Crippen LogP contribution < -0.4 is 5.32 Å². The number of hydrogen-bond acceptors (Lipinski definition) is 1. The lowest BCUT2D eigenvalue weighted by Gasteiger charge is -2.31. The van der Waals surface area contributed by atoms with Crippen molar-refractivity contribution in [3.63, 3.8) is 0 Å². The van der Waals surface area contributed by atoms with Gasteiger partial charge in [-0.25, -0.2) is 8.78 Å². The highest BCUT2D eigenvalue weighted by molar-refractivity contribution is 5.32. The van der Waals surface area contributed by atoms with Gasteiger partial charge < -0.3 is 5.32 Å². The summed E-state index contributed by atoms with van der Waals surface area (Å²) >= 11 is 0. The molecule has 0 atom stereocenters. The fraction of sp³-hybridized carbons (Fsp3) is 0.500. The van der Waals surface area contributed by atoms with Crippen molar-refractivity contribution in [1.82, 2.24) is 5.32 Å². The van der Waals surface area contributed by atoms with Crippen molar-refractivity contribution in [2.45, 2.75) is 25.4 Å². The predicted molar refractivity (Wildman–Crippen MR) is 56.0 cm³/mol. The normalized spacial score (nSPS) is 20.2. The van der Waals surface area contributed by atoms with E-state index in [1.165, 1.54) is 12.1 Å². The molecule has 0 aromatic heterocycles. The summed E-state index contributed by atoms with van der Waals surface area (Å²) in [6, 6.07) is 4.32. The molecule has 1 heterocycles. The van der Waals surface area contributed by atoms with Crippen LogP contribution in [0.4, 0.5) is 8.78 Å². The molecule has 0 spiro atoms. The molecule has 1 aromatic carbocycles. The lowest BCUT2D eigenvalue weighted by molar-refractivity contribution is 0.114. The van der Waals surface area contributed by atoms with E-state index in [2.05, 4.69) is 5.32 Å². The van der Waals surface area contributed by atoms with Gasteiger partial charge in [0.25, 0.3) is 0 Å². The molecule has 1 aliphatic rings. The number of aryl methyl sites for hydroxylation is 1. The van der Waals surface area contributed by atoms with Crippen LogP contribution in [-0.2, 0) is 5.67 Å². The van der Waals surface area contributed by atoms with Gasteiger partial charge in [-0.2, -0.15) is 0 Å². The molecule has 1 saturated heterocycles. The summed E-state index contributed by atoms with van der Waals surface area (Å²) in [4.78, 5) is 0. The maximum Gasteiger partial charge on any atom is 0.138 e. The van der Waals surface area contributed by atoms with Crippen molar-refractivity contribution in [3.8, 4) is 0 Å². The molecule has 0 saturated carbocycles. The van der Waals surface area contributed by atoms with E-state index in [0.29, 0.717) is 37.1 Å². The fourth-order valence-corrected chi connectivity index (χ4v) is 2.22. The van der Waals surface area contributed by atoms with Crippen LogP contribution in [0.5, 0.6) is 0 Å². The third-order valence-corrected chi connectivity index (χ3v) is 3.07. The summed E-state index contributed by atoms with van der Waals surface area (Å²) < 4.78 is 27.4. The number of alkyl halides is 1. The molecule has 2 rings (SSSR count). The molecule has 0 amide bonds. The number of rotatable bonds is 1. The van der Waals surface area contributed by atoms with Crippen molar-refractivity contribution in [1.29, 1.82) is 0 Å². The first-order chi connectivity index (χ1) is 7.12. The molecule has 0 bridgehead atoms. The Kier molecular flexibility index (Phi) is 2.74. The number of piperidine rings is 1. The van der Waals surface area contributed by atoms with E-state index in [-0.39, 0.29) is 5.82 Å². The summed E-state index contributed by atoms with van der Waals surface area (Å²) in [5.41, 5.74) is 0.0769. The van der Waals surface area contributed by atoms with Crippen LogP contribution in [-0.4, -0.2) is 13.1 Å². The molecule has 3 heteroatoms. The van der Waals surface area contributed by atoms with Gasteiger partial charge >= 0.3 is 0 Å². The second-order valence-corrected chi connectivity index (χ2v) is 4.17. The molecule has 15 heavy (non-hydrogen) atoms. The Hall–Kier alpha value is -0.960. The standard InChI is InChI=1S/C12H15F2N/c1-9-8-10(13)2-3-11(9)12(14)4-6-15-7-5-12/h2-3,8,15H,4-7H2,1H3. The molecule has 1 fully saturated rings. The molecule has 0 aliphatic carbocycles. The summed E-state index contributed by atoms with van der Waals surface area (Å²) in [7, 11) is 0. The Morgan fingerprint density at radius 2 is 1.93 bits per heavy atom. The molecular weight excluding hydrogens is 196 g/mol. The van der Waals surface area contributed by atoms with Crippen LogP contribution in [0.2, 0.25) is 0 Å². The van der Waals surface area contributed by atoms with Crippen molar-refractivity contribution >= 4 is 0 Å². The average Bonchev–Trinajstić information content (AvgIpc) is 2.18. The van der Waals surface area contributed by atoms with Crippen LogP contribution in [0.1, 0.15) is 24.0 Å². The molecule has 1 N–H and O–H groups in total. The molecular formula is C12H15F2N. The fourth-order valence-electron chi connectivity index (χ4n) is 2.22. The lowest BCUT2D eigenvalue weighted by atomic mass is 9.84. The minimum absolute atomic E-state index is 0.297. The van der Waals surface area contributed by atoms with E-state index in [0.717, 1.165) is 0 Å². The van der Waals surface area contributed by atoms with E-state index < -0.39 is 5.67 Å². The van der Waals surface area contributed by atoms with Gasteiger partial charge in [0.2, 0.25) is 0 Å². The van der Waals surface area contributed by atoms with Crippen LogP contribution in [0.25, 0.3) is 0 Å². The summed E-state index contributed by atoms with van der Waals surface area (Å²) in [5, 5.41) is 3.13. The minimum Gasteiger partial charge on any atom is -0.316 e. The van der Waals surface area contributed by atoms with E-state index in [1.54, 1.807) is 13.0 Å². The zero-order chi connectivity index (χ0) is 10.9. The van der Waals surface area contributed by atoms with Crippen molar-refractivity contribution < 1.29 is 8.78 Å². The summed E-state index contributed by atoms with van der Waals surface area (Å²) in [6.07, 6.45) is 0.943. The highest BCUT2D eigenvalue weighted by atomic mass is 19.1.